The Kier molecular flexibility index (Phi) is 4.29. The zero-order valence-corrected chi connectivity index (χ0v) is 16.0. The van der Waals surface area contributed by atoms with E-state index in [9.17, 15) is 0 Å². The van der Waals surface area contributed by atoms with E-state index in [1.54, 1.807) is 0 Å². The van der Waals surface area contributed by atoms with Crippen LogP contribution in [0.3, 0.4) is 0 Å². The van der Waals surface area contributed by atoms with Gasteiger partial charge >= 0.3 is 0 Å². The number of hydrogen-bond acceptors (Lipinski definition) is 8. The van der Waals surface area contributed by atoms with Crippen LogP contribution in [0.15, 0.2) is 109 Å². The summed E-state index contributed by atoms with van der Waals surface area (Å²) in [7, 11) is 0. The Morgan fingerprint density at radius 3 is 1.90 bits per heavy atom. The molecule has 0 amide bonds. The number of fused-ring (bicyclic) bond motifs is 7. The Bertz CT molecular complexity index is 1180. The number of hydrazone groups is 1. The van der Waals surface area contributed by atoms with Gasteiger partial charge < -0.3 is 0 Å². The molecule has 143 valence electrons. The molecule has 0 saturated heterocycles. The predicted molar refractivity (Wildman–Crippen MR) is 110 cm³/mol. The second-order valence-electron chi connectivity index (χ2n) is 6.70. The molecule has 0 aromatic carbocycles. The van der Waals surface area contributed by atoms with Crippen molar-refractivity contribution in [3.8, 4) is 0 Å². The first-order valence-electron chi connectivity index (χ1n) is 8.89. The van der Waals surface area contributed by atoms with Gasteiger partial charge in [0.15, 0.2) is 0 Å². The summed E-state index contributed by atoms with van der Waals surface area (Å²) >= 11 is 0. The first kappa shape index (κ1) is 17.8. The molecular weight excluding hydrogens is 411 g/mol. The zero-order valence-electron chi connectivity index (χ0n) is 14.9. The third kappa shape index (κ3) is 3.26. The fourth-order valence-electron chi connectivity index (χ4n) is 3.49. The molecule has 3 N–H and O–H groups in total. The van der Waals surface area contributed by atoms with Crippen LogP contribution in [0, 0.1) is 0 Å². The normalized spacial score (nSPS) is 25.4. The summed E-state index contributed by atoms with van der Waals surface area (Å²) < 4.78 is 0. The van der Waals surface area contributed by atoms with Gasteiger partial charge in [0.1, 0.15) is 11.8 Å². The van der Waals surface area contributed by atoms with Gasteiger partial charge in [-0.25, -0.2) is 30.9 Å². The van der Waals surface area contributed by atoms with Crippen LogP contribution in [-0.2, 0) is 16.8 Å². The smallest absolute Gasteiger partial charge is 0.112 e. The van der Waals surface area contributed by atoms with Crippen molar-refractivity contribution in [3.05, 3.63) is 83.5 Å². The van der Waals surface area contributed by atoms with Crippen molar-refractivity contribution >= 4 is 28.6 Å². The summed E-state index contributed by atoms with van der Waals surface area (Å²) in [5, 5.41) is 4.36. The summed E-state index contributed by atoms with van der Waals surface area (Å²) in [4.78, 5) is 18.7. The molecule has 6 heterocycles. The molecule has 0 aliphatic carbocycles. The maximum Gasteiger partial charge on any atom is 0.112 e. The largest absolute Gasteiger partial charge is 0.249 e. The molecule has 0 aromatic rings. The predicted octanol–water partition coefficient (Wildman–Crippen LogP) is 1.36. The van der Waals surface area contributed by atoms with Gasteiger partial charge in [-0.2, -0.15) is 10.6 Å². The average Bonchev–Trinajstić information content (AvgIpc) is 3.47. The molecule has 0 spiro atoms. The minimum Gasteiger partial charge on any atom is -0.249 e. The van der Waals surface area contributed by atoms with Gasteiger partial charge in [0, 0.05) is 16.8 Å². The van der Waals surface area contributed by atoms with Crippen molar-refractivity contribution in [2.45, 2.75) is 6.04 Å². The Labute approximate surface area is 176 Å². The van der Waals surface area contributed by atoms with E-state index < -0.39 is 0 Å². The molecule has 9 heteroatoms. The molecule has 6 rings (SSSR count). The molecule has 0 saturated carbocycles. The standard InChI is InChI=1S/C20H14N8.Co/c1-2-12-8-14-4-6-16(23-14)10-18-20-19(25-27-28-26-20)17(24-18)9-15-5-3-13(22-15)7-11(1)21-12;/h1-10,19,25,27-28H;. The van der Waals surface area contributed by atoms with E-state index in [-0.39, 0.29) is 22.8 Å². The van der Waals surface area contributed by atoms with Crippen LogP contribution in [-0.4, -0.2) is 34.6 Å². The molecule has 1 atom stereocenters. The van der Waals surface area contributed by atoms with Crippen molar-refractivity contribution in [2.75, 3.05) is 0 Å². The summed E-state index contributed by atoms with van der Waals surface area (Å²) in [6.45, 7) is 0. The van der Waals surface area contributed by atoms with Crippen molar-refractivity contribution in [1.82, 2.24) is 16.5 Å². The van der Waals surface area contributed by atoms with Crippen molar-refractivity contribution in [3.63, 3.8) is 0 Å². The number of nitrogens with one attached hydrogen (secondary N) is 3. The number of hydrogen-bond donors (Lipinski definition) is 3. The van der Waals surface area contributed by atoms with Gasteiger partial charge in [-0.1, -0.05) is 0 Å². The number of rotatable bonds is 0. The maximum atomic E-state index is 4.78. The Morgan fingerprint density at radius 1 is 0.655 bits per heavy atom. The second kappa shape index (κ2) is 6.97. The van der Waals surface area contributed by atoms with Crippen LogP contribution >= 0.6 is 0 Å². The number of aliphatic imine (C=N–C) groups is 4. The van der Waals surface area contributed by atoms with Crippen LogP contribution < -0.4 is 16.5 Å². The number of allylic oxidation sites excluding steroid dienone is 9. The molecule has 6 aliphatic heterocycles. The van der Waals surface area contributed by atoms with Crippen LogP contribution in [0.5, 0.6) is 0 Å². The minimum absolute atomic E-state index is 0. The zero-order chi connectivity index (χ0) is 18.5. The molecule has 8 bridgehead atoms. The van der Waals surface area contributed by atoms with Gasteiger partial charge in [-0.15, -0.1) is 0 Å². The van der Waals surface area contributed by atoms with Crippen LogP contribution in [0.2, 0.25) is 0 Å². The Balaban J connectivity index is 0.00000181. The van der Waals surface area contributed by atoms with Gasteiger partial charge in [0.05, 0.1) is 45.6 Å². The summed E-state index contributed by atoms with van der Waals surface area (Å²) in [5.74, 6) is 0. The third-order valence-corrected chi connectivity index (χ3v) is 4.75. The quantitative estimate of drug-likeness (QED) is 0.547. The summed E-state index contributed by atoms with van der Waals surface area (Å²) in [6, 6.07) is -0.160. The van der Waals surface area contributed by atoms with Crippen LogP contribution in [0.1, 0.15) is 0 Å². The van der Waals surface area contributed by atoms with E-state index in [1.165, 1.54) is 0 Å². The molecule has 1 unspecified atom stereocenters. The van der Waals surface area contributed by atoms with E-state index in [4.69, 9.17) is 4.99 Å². The average molecular weight is 425 g/mol. The van der Waals surface area contributed by atoms with Crippen LogP contribution in [0.4, 0.5) is 0 Å². The van der Waals surface area contributed by atoms with Crippen molar-refractivity contribution in [2.24, 2.45) is 25.1 Å². The van der Waals surface area contributed by atoms with E-state index in [2.05, 4.69) is 36.6 Å². The topological polar surface area (TPSA) is 97.9 Å². The first-order valence-corrected chi connectivity index (χ1v) is 8.89. The Hall–Kier alpha value is -3.24. The molecule has 1 radical (unpaired) electrons. The molecular formula is C20H14CoN8. The molecule has 8 nitrogen and oxygen atoms in total. The second-order valence-corrected chi connectivity index (χ2v) is 6.70. The molecule has 29 heavy (non-hydrogen) atoms. The van der Waals surface area contributed by atoms with E-state index in [0.29, 0.717) is 0 Å². The Morgan fingerprint density at radius 2 is 1.24 bits per heavy atom. The third-order valence-electron chi connectivity index (χ3n) is 4.75. The molecule has 0 fully saturated rings. The van der Waals surface area contributed by atoms with Gasteiger partial charge in [-0.05, 0) is 60.8 Å². The van der Waals surface area contributed by atoms with Gasteiger partial charge in [-0.3, -0.25) is 0 Å². The number of nitrogens with zero attached hydrogens (tertiary/aromatic N) is 5. The van der Waals surface area contributed by atoms with Crippen LogP contribution in [0.25, 0.3) is 0 Å². The van der Waals surface area contributed by atoms with Crippen molar-refractivity contribution < 1.29 is 16.8 Å². The van der Waals surface area contributed by atoms with Gasteiger partial charge in [0.2, 0.25) is 0 Å². The van der Waals surface area contributed by atoms with Gasteiger partial charge in [0.25, 0.3) is 0 Å². The summed E-state index contributed by atoms with van der Waals surface area (Å²) in [6.07, 6.45) is 19.7. The fourth-order valence-corrected chi connectivity index (χ4v) is 3.49. The SMILES string of the molecule is C1=CC2=NC1=CC1=NC(=CC3=NC(=CC4=NC(=C2)C=C4)C2=NNNNC32)C=C1.[Co]. The van der Waals surface area contributed by atoms with E-state index in [0.717, 1.165) is 51.3 Å². The molecule has 6 aliphatic rings. The maximum absolute atomic E-state index is 4.78. The minimum atomic E-state index is -0.160. The van der Waals surface area contributed by atoms with E-state index >= 15 is 0 Å². The monoisotopic (exact) mass is 425 g/mol. The molecule has 0 aromatic heterocycles. The van der Waals surface area contributed by atoms with E-state index in [1.807, 2.05) is 60.8 Å². The first-order chi connectivity index (χ1) is 13.8. The van der Waals surface area contributed by atoms with Crippen molar-refractivity contribution in [1.29, 1.82) is 0 Å². The number of hydrazine groups is 2. The summed E-state index contributed by atoms with van der Waals surface area (Å²) in [5.41, 5.74) is 16.3. The fraction of sp³-hybridized carbons (Fsp3) is 0.0500.